The third-order valence-corrected chi connectivity index (χ3v) is 1.01. The number of carbonyl (C=O) groups is 2. The van der Waals surface area contributed by atoms with Crippen LogP contribution < -0.4 is 0 Å². The molecular weight excluding hydrogens is 179 g/mol. The van der Waals surface area contributed by atoms with E-state index in [0.29, 0.717) is 0 Å². The summed E-state index contributed by atoms with van der Waals surface area (Å²) < 4.78 is 20.2. The molecule has 4 nitrogen and oxygen atoms in total. The van der Waals surface area contributed by atoms with E-state index in [1.54, 1.807) is 0 Å². The summed E-state index contributed by atoms with van der Waals surface area (Å²) in [5, 5.41) is 0. The van der Waals surface area contributed by atoms with Crippen molar-refractivity contribution in [2.24, 2.45) is 0 Å². The summed E-state index contributed by atoms with van der Waals surface area (Å²) in [6, 6.07) is 0. The highest BCUT2D eigenvalue weighted by molar-refractivity contribution is 5.88. The van der Waals surface area contributed by atoms with Crippen molar-refractivity contribution >= 4 is 11.9 Å². The molecule has 0 radical (unpaired) electrons. The smallest absolute Gasteiger partial charge is 0.344 e. The molecule has 0 unspecified atom stereocenters. The van der Waals surface area contributed by atoms with Crippen LogP contribution in [0.5, 0.6) is 0 Å². The molecule has 0 fully saturated rings. The Morgan fingerprint density at radius 3 is 2.46 bits per heavy atom. The molecule has 5 heteroatoms. The molecule has 0 N–H and O–H groups in total. The van der Waals surface area contributed by atoms with Gasteiger partial charge in [0.15, 0.2) is 6.61 Å². The van der Waals surface area contributed by atoms with Crippen LogP contribution in [0.25, 0.3) is 0 Å². The van der Waals surface area contributed by atoms with Gasteiger partial charge in [0.25, 0.3) is 0 Å². The summed E-state index contributed by atoms with van der Waals surface area (Å²) in [5.74, 6) is -1.44. The van der Waals surface area contributed by atoms with Gasteiger partial charge in [-0.05, 0) is 6.92 Å². The zero-order chi connectivity index (χ0) is 10.3. The Balaban J connectivity index is 3.58. The number of halogens is 1. The van der Waals surface area contributed by atoms with Gasteiger partial charge in [-0.15, -0.1) is 0 Å². The third-order valence-electron chi connectivity index (χ3n) is 1.01. The number of hydrogen-bond donors (Lipinski definition) is 0. The third kappa shape index (κ3) is 5.84. The van der Waals surface area contributed by atoms with Crippen LogP contribution >= 0.6 is 0 Å². The largest absolute Gasteiger partial charge is 0.460 e. The predicted molar refractivity (Wildman–Crippen MR) is 42.7 cm³/mol. The van der Waals surface area contributed by atoms with Crippen LogP contribution in [0, 0.1) is 0 Å². The molecule has 0 aliphatic carbocycles. The average molecular weight is 190 g/mol. The molecule has 0 atom stereocenters. The Hall–Kier alpha value is -1.39. The molecule has 0 aromatic rings. The van der Waals surface area contributed by atoms with E-state index in [2.05, 4.69) is 16.1 Å². The topological polar surface area (TPSA) is 52.6 Å². The highest BCUT2D eigenvalue weighted by Crippen LogP contribution is 1.92. The SMILES string of the molecule is C=C(C)C(=O)OCC(=O)OCCF. The highest BCUT2D eigenvalue weighted by atomic mass is 19.1. The fourth-order valence-electron chi connectivity index (χ4n) is 0.442. The number of hydrogen-bond acceptors (Lipinski definition) is 4. The number of esters is 2. The average Bonchev–Trinajstić information content (AvgIpc) is 2.10. The maximum atomic E-state index is 11.5. The number of carbonyl (C=O) groups excluding carboxylic acids is 2. The lowest BCUT2D eigenvalue weighted by Gasteiger charge is -2.03. The molecule has 0 aliphatic rings. The molecule has 0 bridgehead atoms. The van der Waals surface area contributed by atoms with Crippen molar-refractivity contribution in [3.05, 3.63) is 12.2 Å². The lowest BCUT2D eigenvalue weighted by Crippen LogP contribution is -2.17. The minimum atomic E-state index is -0.771. The van der Waals surface area contributed by atoms with E-state index in [1.807, 2.05) is 0 Å². The van der Waals surface area contributed by atoms with E-state index >= 15 is 0 Å². The first-order chi connectivity index (χ1) is 6.07. The summed E-state index contributed by atoms with van der Waals surface area (Å²) in [4.78, 5) is 21.4. The molecular formula is C8H11FO4. The first-order valence-corrected chi connectivity index (χ1v) is 3.62. The van der Waals surface area contributed by atoms with Crippen LogP contribution in [-0.2, 0) is 19.1 Å². The second-order valence-corrected chi connectivity index (χ2v) is 2.27. The van der Waals surface area contributed by atoms with Gasteiger partial charge in [0, 0.05) is 5.57 Å². The van der Waals surface area contributed by atoms with Gasteiger partial charge in [-0.1, -0.05) is 6.58 Å². The predicted octanol–water partition coefficient (Wildman–Crippen LogP) is 0.618. The van der Waals surface area contributed by atoms with Crippen molar-refractivity contribution in [2.45, 2.75) is 6.92 Å². The van der Waals surface area contributed by atoms with Crippen molar-refractivity contribution in [3.8, 4) is 0 Å². The second kappa shape index (κ2) is 6.16. The molecule has 13 heavy (non-hydrogen) atoms. The molecule has 0 aromatic carbocycles. The van der Waals surface area contributed by atoms with Gasteiger partial charge >= 0.3 is 11.9 Å². The minimum Gasteiger partial charge on any atom is -0.460 e. The van der Waals surface area contributed by atoms with Gasteiger partial charge in [0.2, 0.25) is 0 Å². The Labute approximate surface area is 75.3 Å². The standard InChI is InChI=1S/C8H11FO4/c1-6(2)8(11)13-5-7(10)12-4-3-9/h1,3-5H2,2H3. The van der Waals surface area contributed by atoms with Crippen LogP contribution in [0.3, 0.4) is 0 Å². The van der Waals surface area contributed by atoms with Crippen molar-refractivity contribution in [2.75, 3.05) is 19.9 Å². The Kier molecular flexibility index (Phi) is 5.50. The van der Waals surface area contributed by atoms with Gasteiger partial charge in [0.1, 0.15) is 13.3 Å². The van der Waals surface area contributed by atoms with Gasteiger partial charge in [-0.25, -0.2) is 14.0 Å². The Bertz CT molecular complexity index is 212. The summed E-state index contributed by atoms with van der Waals surface area (Å²) >= 11 is 0. The molecule has 0 saturated carbocycles. The van der Waals surface area contributed by atoms with Crippen molar-refractivity contribution in [3.63, 3.8) is 0 Å². The fourth-order valence-corrected chi connectivity index (χ4v) is 0.442. The summed E-state index contributed by atoms with van der Waals surface area (Å²) in [7, 11) is 0. The van der Waals surface area contributed by atoms with E-state index in [4.69, 9.17) is 0 Å². The molecule has 0 spiro atoms. The lowest BCUT2D eigenvalue weighted by molar-refractivity contribution is -0.156. The highest BCUT2D eigenvalue weighted by Gasteiger charge is 2.08. The zero-order valence-corrected chi connectivity index (χ0v) is 7.34. The van der Waals surface area contributed by atoms with Gasteiger partial charge in [-0.2, -0.15) is 0 Å². The maximum Gasteiger partial charge on any atom is 0.344 e. The van der Waals surface area contributed by atoms with Crippen LogP contribution in [0.4, 0.5) is 4.39 Å². The van der Waals surface area contributed by atoms with Crippen molar-refractivity contribution in [1.82, 2.24) is 0 Å². The first kappa shape index (κ1) is 11.6. The van der Waals surface area contributed by atoms with E-state index in [-0.39, 0.29) is 12.2 Å². The Morgan fingerprint density at radius 1 is 1.38 bits per heavy atom. The molecule has 0 rings (SSSR count). The van der Waals surface area contributed by atoms with Crippen LogP contribution in [-0.4, -0.2) is 31.8 Å². The quantitative estimate of drug-likeness (QED) is 0.471. The fraction of sp³-hybridized carbons (Fsp3) is 0.500. The summed E-state index contributed by atoms with van der Waals surface area (Å²) in [6.07, 6.45) is 0. The number of alkyl halides is 1. The van der Waals surface area contributed by atoms with E-state index in [0.717, 1.165) is 0 Å². The number of ether oxygens (including phenoxy) is 2. The molecule has 0 aromatic heterocycles. The maximum absolute atomic E-state index is 11.5. The normalized spacial score (nSPS) is 9.08. The van der Waals surface area contributed by atoms with Crippen LogP contribution in [0.2, 0.25) is 0 Å². The van der Waals surface area contributed by atoms with Crippen LogP contribution in [0.1, 0.15) is 6.92 Å². The molecule has 0 saturated heterocycles. The monoisotopic (exact) mass is 190 g/mol. The van der Waals surface area contributed by atoms with E-state index in [1.165, 1.54) is 6.92 Å². The molecule has 0 heterocycles. The van der Waals surface area contributed by atoms with E-state index < -0.39 is 25.2 Å². The van der Waals surface area contributed by atoms with Gasteiger partial charge < -0.3 is 9.47 Å². The number of rotatable bonds is 5. The Morgan fingerprint density at radius 2 is 2.00 bits per heavy atom. The zero-order valence-electron chi connectivity index (χ0n) is 7.34. The molecule has 0 amide bonds. The van der Waals surface area contributed by atoms with Crippen LogP contribution in [0.15, 0.2) is 12.2 Å². The van der Waals surface area contributed by atoms with Crippen molar-refractivity contribution < 1.29 is 23.5 Å². The van der Waals surface area contributed by atoms with Gasteiger partial charge in [0.05, 0.1) is 0 Å². The van der Waals surface area contributed by atoms with Crippen molar-refractivity contribution in [1.29, 1.82) is 0 Å². The van der Waals surface area contributed by atoms with Gasteiger partial charge in [-0.3, -0.25) is 0 Å². The lowest BCUT2D eigenvalue weighted by atomic mass is 10.4. The second-order valence-electron chi connectivity index (χ2n) is 2.27. The summed E-state index contributed by atoms with van der Waals surface area (Å²) in [5.41, 5.74) is 0.193. The summed E-state index contributed by atoms with van der Waals surface area (Å²) in [6.45, 7) is 3.19. The first-order valence-electron chi connectivity index (χ1n) is 3.62. The van der Waals surface area contributed by atoms with E-state index in [9.17, 15) is 14.0 Å². The minimum absolute atomic E-state index is 0.193. The molecule has 74 valence electrons. The molecule has 0 aliphatic heterocycles.